The second-order valence-electron chi connectivity index (χ2n) is 18.5. The van der Waals surface area contributed by atoms with Crippen molar-refractivity contribution in [3.05, 3.63) is 0 Å². The summed E-state index contributed by atoms with van der Waals surface area (Å²) < 4.78 is 5.65. The van der Waals surface area contributed by atoms with E-state index in [0.717, 1.165) is 50.3 Å². The van der Waals surface area contributed by atoms with Gasteiger partial charge in [0.25, 0.3) is 0 Å². The molecule has 10 heteroatoms. The fraction of sp³-hybridized carbons (Fsp3) is 0.980. The highest BCUT2D eigenvalue weighted by Gasteiger charge is 2.44. The highest BCUT2D eigenvalue weighted by atomic mass is 32.2. The van der Waals surface area contributed by atoms with E-state index in [1.165, 1.54) is 186 Å². The van der Waals surface area contributed by atoms with Gasteiger partial charge in [0.2, 0.25) is 5.91 Å². The first-order valence-corrected chi connectivity index (χ1v) is 26.9. The number of unbranched alkanes of at least 4 members (excludes halogenated alkanes) is 33. The number of hydrogen-bond acceptors (Lipinski definition) is 9. The molecule has 1 heterocycles. The first-order valence-electron chi connectivity index (χ1n) is 25.8. The van der Waals surface area contributed by atoms with Gasteiger partial charge in [0.15, 0.2) is 0 Å². The molecule has 0 aromatic carbocycles. The van der Waals surface area contributed by atoms with Crippen LogP contribution in [0, 0.1) is 0 Å². The lowest BCUT2D eigenvalue weighted by Crippen LogP contribution is -2.58. The maximum atomic E-state index is 13.1. The number of thioether (sulfide) groups is 1. The van der Waals surface area contributed by atoms with E-state index in [1.54, 1.807) is 0 Å². The van der Waals surface area contributed by atoms with Crippen LogP contribution in [0.1, 0.15) is 251 Å². The van der Waals surface area contributed by atoms with E-state index in [-0.39, 0.29) is 11.7 Å². The van der Waals surface area contributed by atoms with E-state index in [0.29, 0.717) is 12.8 Å². The Morgan fingerprint density at radius 1 is 0.517 bits per heavy atom. The predicted molar refractivity (Wildman–Crippen MR) is 252 cm³/mol. The average molecular weight is 874 g/mol. The lowest BCUT2D eigenvalue weighted by atomic mass is 9.99. The fourth-order valence-electron chi connectivity index (χ4n) is 8.61. The normalized spacial score (nSPS) is 21.0. The van der Waals surface area contributed by atoms with Crippen molar-refractivity contribution in [2.45, 2.75) is 300 Å². The number of carbonyl (C=O) groups excluding carboxylic acids is 1. The molecule has 0 unspecified atom stereocenters. The second-order valence-corrected chi connectivity index (χ2v) is 19.6. The van der Waals surface area contributed by atoms with Gasteiger partial charge >= 0.3 is 0 Å². The minimum atomic E-state index is -1.50. The van der Waals surface area contributed by atoms with E-state index in [2.05, 4.69) is 19.2 Å². The van der Waals surface area contributed by atoms with Gasteiger partial charge in [0, 0.05) is 12.2 Å². The lowest BCUT2D eigenvalue weighted by Gasteiger charge is -2.40. The predicted octanol–water partition coefficient (Wildman–Crippen LogP) is 11.2. The molecule has 0 saturated carbocycles. The third-order valence-corrected chi connectivity index (χ3v) is 14.1. The lowest BCUT2D eigenvalue weighted by molar-refractivity contribution is -0.205. The Balaban J connectivity index is 2.26. The Morgan fingerprint density at radius 2 is 0.867 bits per heavy atom. The molecule has 0 aromatic heterocycles. The Morgan fingerprint density at radius 3 is 1.23 bits per heavy atom. The van der Waals surface area contributed by atoms with Crippen LogP contribution in [-0.2, 0) is 9.53 Å². The summed E-state index contributed by atoms with van der Waals surface area (Å²) in [4.78, 5) is 13.1. The zero-order valence-electron chi connectivity index (χ0n) is 39.1. The molecule has 0 aliphatic carbocycles. The van der Waals surface area contributed by atoms with Crippen molar-refractivity contribution < 1.29 is 40.2 Å². The molecular weight excluding hydrogens is 775 g/mol. The van der Waals surface area contributed by atoms with Gasteiger partial charge in [-0.05, 0) is 12.8 Å². The van der Waals surface area contributed by atoms with Crippen LogP contribution >= 0.6 is 11.8 Å². The van der Waals surface area contributed by atoms with Crippen molar-refractivity contribution in [3.8, 4) is 0 Å². The zero-order chi connectivity index (χ0) is 43.9. The fourth-order valence-corrected chi connectivity index (χ4v) is 9.87. The summed E-state index contributed by atoms with van der Waals surface area (Å²) in [5.74, 6) is -0.0701. The number of ether oxygens (including phenoxy) is 1. The summed E-state index contributed by atoms with van der Waals surface area (Å²) in [6, 6.07) is -0.799. The van der Waals surface area contributed by atoms with Gasteiger partial charge in [-0.3, -0.25) is 4.79 Å². The summed E-state index contributed by atoms with van der Waals surface area (Å²) in [7, 11) is 0. The molecule has 0 spiro atoms. The monoisotopic (exact) mass is 874 g/mol. The van der Waals surface area contributed by atoms with Gasteiger partial charge in [0.1, 0.15) is 36.0 Å². The Hall–Kier alpha value is -0.460. The van der Waals surface area contributed by atoms with Gasteiger partial charge in [-0.2, -0.15) is 0 Å². The summed E-state index contributed by atoms with van der Waals surface area (Å²) in [5, 5.41) is 65.7. The molecule has 1 rings (SSSR count). The van der Waals surface area contributed by atoms with Crippen molar-refractivity contribution in [2.75, 3.05) is 12.4 Å². The van der Waals surface area contributed by atoms with Crippen molar-refractivity contribution in [1.82, 2.24) is 5.32 Å². The molecule has 1 aliphatic rings. The summed E-state index contributed by atoms with van der Waals surface area (Å²) >= 11 is 1.09. The first-order chi connectivity index (χ1) is 29.3. The maximum Gasteiger partial charge on any atom is 0.220 e. The molecule has 8 atom stereocenters. The van der Waals surface area contributed by atoms with Crippen LogP contribution in [-0.4, -0.2) is 97.0 Å². The Kier molecular flexibility index (Phi) is 39.6. The minimum Gasteiger partial charge on any atom is -0.394 e. The van der Waals surface area contributed by atoms with E-state index in [4.69, 9.17) is 4.74 Å². The van der Waals surface area contributed by atoms with E-state index < -0.39 is 54.7 Å². The third-order valence-electron chi connectivity index (χ3n) is 12.8. The topological polar surface area (TPSA) is 160 Å². The molecule has 1 aliphatic heterocycles. The van der Waals surface area contributed by atoms with Crippen LogP contribution < -0.4 is 5.32 Å². The number of hydrogen-bond donors (Lipinski definition) is 7. The van der Waals surface area contributed by atoms with Crippen LogP contribution in [0.15, 0.2) is 0 Å². The summed E-state index contributed by atoms with van der Waals surface area (Å²) in [5.41, 5.74) is -0.982. The largest absolute Gasteiger partial charge is 0.394 e. The van der Waals surface area contributed by atoms with Crippen LogP contribution in [0.2, 0.25) is 0 Å². The number of rotatable bonds is 44. The van der Waals surface area contributed by atoms with Gasteiger partial charge < -0.3 is 40.7 Å². The molecule has 0 aromatic rings. The third kappa shape index (κ3) is 30.6. The molecule has 1 fully saturated rings. The Labute approximate surface area is 373 Å². The Bertz CT molecular complexity index is 931. The molecule has 9 nitrogen and oxygen atoms in total. The van der Waals surface area contributed by atoms with E-state index in [1.807, 2.05) is 0 Å². The average Bonchev–Trinajstić information content (AvgIpc) is 3.25. The van der Waals surface area contributed by atoms with E-state index >= 15 is 0 Å². The van der Waals surface area contributed by atoms with Crippen molar-refractivity contribution in [3.63, 3.8) is 0 Å². The number of aliphatic hydroxyl groups excluding tert-OH is 6. The molecule has 0 radical (unpaired) electrons. The molecule has 7 N–H and O–H groups in total. The van der Waals surface area contributed by atoms with Gasteiger partial charge in [-0.1, -0.05) is 232 Å². The summed E-state index contributed by atoms with van der Waals surface area (Å²) in [6.45, 7) is 4.00. The van der Waals surface area contributed by atoms with Crippen LogP contribution in [0.4, 0.5) is 0 Å². The van der Waals surface area contributed by atoms with Crippen molar-refractivity contribution >= 4 is 17.7 Å². The standard InChI is InChI=1S/C50H99NO8S/c1-3-5-7-9-11-13-15-17-18-19-20-21-22-23-24-25-26-27-29-31-33-35-37-39-45(54)51-42(41-60-50-49(58)48(57)47(56)44(40-52)59-50)46(55)43(53)38-36-34-32-30-28-16-14-12-10-8-6-4-2/h42-44,46-50,52-53,55-58H,3-41H2,1-2H3,(H,51,54)/t42-,43-,44+,46-,47-,48-,49+,50+/m0/s1. The molecular formula is C50H99NO8S. The smallest absolute Gasteiger partial charge is 0.220 e. The van der Waals surface area contributed by atoms with Crippen LogP contribution in [0.25, 0.3) is 0 Å². The zero-order valence-corrected chi connectivity index (χ0v) is 39.9. The maximum absolute atomic E-state index is 13.1. The van der Waals surface area contributed by atoms with Gasteiger partial charge in [-0.15, -0.1) is 11.8 Å². The number of aliphatic hydroxyl groups is 6. The van der Waals surface area contributed by atoms with Gasteiger partial charge in [0.05, 0.1) is 18.8 Å². The number of carbonyl (C=O) groups is 1. The minimum absolute atomic E-state index is 0.116. The SMILES string of the molecule is CCCCCCCCCCCCCCCCCCCCCCCCCC(=O)N[C@@H](CS[C@H]1O[C@H](CO)[C@H](O)[C@H](O)[C@H]1O)[C@H](O)[C@@H](O)CCCCCCCCCCCCCC. The summed E-state index contributed by atoms with van der Waals surface area (Å²) in [6.07, 6.45) is 38.0. The van der Waals surface area contributed by atoms with Gasteiger partial charge in [-0.25, -0.2) is 0 Å². The van der Waals surface area contributed by atoms with Crippen molar-refractivity contribution in [1.29, 1.82) is 0 Å². The second kappa shape index (κ2) is 41.3. The molecule has 0 bridgehead atoms. The van der Waals surface area contributed by atoms with Crippen LogP contribution in [0.5, 0.6) is 0 Å². The molecule has 1 saturated heterocycles. The van der Waals surface area contributed by atoms with E-state index in [9.17, 15) is 35.4 Å². The highest BCUT2D eigenvalue weighted by molar-refractivity contribution is 7.99. The number of nitrogens with one attached hydrogen (secondary N) is 1. The highest BCUT2D eigenvalue weighted by Crippen LogP contribution is 2.30. The van der Waals surface area contributed by atoms with Crippen molar-refractivity contribution in [2.24, 2.45) is 0 Å². The quantitative estimate of drug-likeness (QED) is 0.0296. The molecule has 358 valence electrons. The van der Waals surface area contributed by atoms with Crippen LogP contribution in [0.3, 0.4) is 0 Å². The number of amides is 1. The first kappa shape index (κ1) is 57.6. The molecule has 60 heavy (non-hydrogen) atoms. The molecule has 1 amide bonds.